The van der Waals surface area contributed by atoms with Crippen molar-refractivity contribution in [1.29, 1.82) is 0 Å². The fourth-order valence-corrected chi connectivity index (χ4v) is 2.51. The first-order valence-electron chi connectivity index (χ1n) is 7.68. The lowest BCUT2D eigenvalue weighted by molar-refractivity contribution is 0.262. The van der Waals surface area contributed by atoms with E-state index in [4.69, 9.17) is 0 Å². The van der Waals surface area contributed by atoms with Gasteiger partial charge < -0.3 is 5.32 Å². The molecule has 0 bridgehead atoms. The highest BCUT2D eigenvalue weighted by atomic mass is 14.9. The molecule has 0 spiro atoms. The third kappa shape index (κ3) is 8.65. The summed E-state index contributed by atoms with van der Waals surface area (Å²) in [5.74, 6) is 0.872. The molecule has 0 saturated carbocycles. The Morgan fingerprint density at radius 3 is 2.06 bits per heavy atom. The van der Waals surface area contributed by atoms with Crippen LogP contribution in [-0.2, 0) is 0 Å². The van der Waals surface area contributed by atoms with Crippen LogP contribution in [0.5, 0.6) is 0 Å². The highest BCUT2D eigenvalue weighted by Gasteiger charge is 2.21. The molecule has 0 rings (SSSR count). The summed E-state index contributed by atoms with van der Waals surface area (Å²) in [7, 11) is 0. The van der Waals surface area contributed by atoms with E-state index in [1.165, 1.54) is 38.5 Å². The molecule has 0 aromatic heterocycles. The van der Waals surface area contributed by atoms with Gasteiger partial charge in [0, 0.05) is 6.04 Å². The van der Waals surface area contributed by atoms with Crippen LogP contribution in [0.1, 0.15) is 80.1 Å². The minimum atomic E-state index is 0.469. The van der Waals surface area contributed by atoms with Crippen LogP contribution in [0.3, 0.4) is 0 Å². The zero-order valence-electron chi connectivity index (χ0n) is 13.1. The highest BCUT2D eigenvalue weighted by molar-refractivity contribution is 4.77. The number of hydrogen-bond donors (Lipinski definition) is 1. The van der Waals surface area contributed by atoms with Gasteiger partial charge in [-0.1, -0.05) is 60.8 Å². The smallest absolute Gasteiger partial charge is 0.00953 e. The molecule has 104 valence electrons. The average molecular weight is 241 g/mol. The first-order valence-corrected chi connectivity index (χ1v) is 7.68. The molecule has 0 saturated heterocycles. The molecule has 1 heteroatoms. The van der Waals surface area contributed by atoms with E-state index >= 15 is 0 Å². The second-order valence-electron chi connectivity index (χ2n) is 6.57. The lowest BCUT2D eigenvalue weighted by Gasteiger charge is -2.30. The summed E-state index contributed by atoms with van der Waals surface area (Å²) >= 11 is 0. The first kappa shape index (κ1) is 17.0. The van der Waals surface area contributed by atoms with E-state index in [1.807, 2.05) is 0 Å². The van der Waals surface area contributed by atoms with Crippen LogP contribution in [0.4, 0.5) is 0 Å². The monoisotopic (exact) mass is 241 g/mol. The van der Waals surface area contributed by atoms with Crippen molar-refractivity contribution in [3.63, 3.8) is 0 Å². The standard InChI is InChI=1S/C16H35N/c1-7-10-11-14(8-2)15(17-9-3)12-13-16(4,5)6/h14-15,17H,7-13H2,1-6H3. The molecule has 1 nitrogen and oxygen atoms in total. The third-order valence-corrected chi connectivity index (χ3v) is 3.69. The van der Waals surface area contributed by atoms with Gasteiger partial charge in [0.05, 0.1) is 0 Å². The van der Waals surface area contributed by atoms with Crippen molar-refractivity contribution in [2.24, 2.45) is 11.3 Å². The lowest BCUT2D eigenvalue weighted by Crippen LogP contribution is -2.36. The molecule has 0 aromatic rings. The van der Waals surface area contributed by atoms with Crippen LogP contribution in [-0.4, -0.2) is 12.6 Å². The number of nitrogens with one attached hydrogen (secondary N) is 1. The number of rotatable bonds is 9. The molecular weight excluding hydrogens is 206 g/mol. The molecule has 0 aromatic carbocycles. The molecule has 17 heavy (non-hydrogen) atoms. The second kappa shape index (κ2) is 8.97. The molecule has 0 aliphatic rings. The van der Waals surface area contributed by atoms with Crippen molar-refractivity contribution in [3.8, 4) is 0 Å². The van der Waals surface area contributed by atoms with Gasteiger partial charge in [0.15, 0.2) is 0 Å². The summed E-state index contributed by atoms with van der Waals surface area (Å²) in [6, 6.07) is 0.732. The predicted octanol–water partition coefficient (Wildman–Crippen LogP) is 5.01. The van der Waals surface area contributed by atoms with Gasteiger partial charge in [0.2, 0.25) is 0 Å². The molecule has 2 atom stereocenters. The summed E-state index contributed by atoms with van der Waals surface area (Å²) < 4.78 is 0. The maximum absolute atomic E-state index is 3.72. The van der Waals surface area contributed by atoms with E-state index in [0.717, 1.165) is 18.5 Å². The summed E-state index contributed by atoms with van der Waals surface area (Å²) in [5, 5.41) is 3.72. The predicted molar refractivity (Wildman–Crippen MR) is 79.5 cm³/mol. The Bertz CT molecular complexity index is 169. The summed E-state index contributed by atoms with van der Waals surface area (Å²) in [5.41, 5.74) is 0.469. The molecule has 0 amide bonds. The van der Waals surface area contributed by atoms with Gasteiger partial charge in [-0.15, -0.1) is 0 Å². The summed E-state index contributed by atoms with van der Waals surface area (Å²) in [6.45, 7) is 15.0. The van der Waals surface area contributed by atoms with Crippen molar-refractivity contribution in [3.05, 3.63) is 0 Å². The minimum absolute atomic E-state index is 0.469. The molecule has 0 radical (unpaired) electrons. The Balaban J connectivity index is 4.25. The minimum Gasteiger partial charge on any atom is -0.314 e. The normalized spacial score (nSPS) is 15.9. The Hall–Kier alpha value is -0.0400. The number of unbranched alkanes of at least 4 members (excludes halogenated alkanes) is 1. The van der Waals surface area contributed by atoms with Gasteiger partial charge in [-0.25, -0.2) is 0 Å². The topological polar surface area (TPSA) is 12.0 Å². The van der Waals surface area contributed by atoms with Crippen LogP contribution in [0.15, 0.2) is 0 Å². The van der Waals surface area contributed by atoms with Crippen LogP contribution < -0.4 is 5.32 Å². The Kier molecular flexibility index (Phi) is 8.94. The maximum atomic E-state index is 3.72. The Morgan fingerprint density at radius 1 is 1.00 bits per heavy atom. The zero-order valence-corrected chi connectivity index (χ0v) is 13.1. The van der Waals surface area contributed by atoms with Crippen molar-refractivity contribution in [1.82, 2.24) is 5.32 Å². The van der Waals surface area contributed by atoms with Gasteiger partial charge >= 0.3 is 0 Å². The van der Waals surface area contributed by atoms with Crippen molar-refractivity contribution < 1.29 is 0 Å². The average Bonchev–Trinajstić information content (AvgIpc) is 2.25. The van der Waals surface area contributed by atoms with Crippen LogP contribution in [0.25, 0.3) is 0 Å². The molecule has 0 aliphatic heterocycles. The van der Waals surface area contributed by atoms with Gasteiger partial charge in [0.25, 0.3) is 0 Å². The van der Waals surface area contributed by atoms with Gasteiger partial charge in [-0.05, 0) is 37.1 Å². The van der Waals surface area contributed by atoms with E-state index in [0.29, 0.717) is 5.41 Å². The van der Waals surface area contributed by atoms with E-state index in [9.17, 15) is 0 Å². The van der Waals surface area contributed by atoms with Gasteiger partial charge in [0.1, 0.15) is 0 Å². The summed E-state index contributed by atoms with van der Waals surface area (Å²) in [4.78, 5) is 0. The SMILES string of the molecule is CCCCC(CC)C(CCC(C)(C)C)NCC. The fourth-order valence-electron chi connectivity index (χ4n) is 2.51. The summed E-state index contributed by atoms with van der Waals surface area (Å²) in [6.07, 6.45) is 8.09. The Labute approximate surface area is 110 Å². The van der Waals surface area contributed by atoms with E-state index in [1.54, 1.807) is 0 Å². The third-order valence-electron chi connectivity index (χ3n) is 3.69. The zero-order chi connectivity index (χ0) is 13.3. The molecule has 1 N–H and O–H groups in total. The molecular formula is C16H35N. The fraction of sp³-hybridized carbons (Fsp3) is 1.00. The van der Waals surface area contributed by atoms with Crippen LogP contribution >= 0.6 is 0 Å². The Morgan fingerprint density at radius 2 is 1.65 bits per heavy atom. The van der Waals surface area contributed by atoms with Gasteiger partial charge in [-0.2, -0.15) is 0 Å². The largest absolute Gasteiger partial charge is 0.314 e. The quantitative estimate of drug-likeness (QED) is 0.598. The van der Waals surface area contributed by atoms with Crippen LogP contribution in [0, 0.1) is 11.3 Å². The van der Waals surface area contributed by atoms with E-state index < -0.39 is 0 Å². The lowest BCUT2D eigenvalue weighted by atomic mass is 9.83. The first-order chi connectivity index (χ1) is 7.94. The van der Waals surface area contributed by atoms with Gasteiger partial charge in [-0.3, -0.25) is 0 Å². The second-order valence-corrected chi connectivity index (χ2v) is 6.57. The number of hydrogen-bond acceptors (Lipinski definition) is 1. The van der Waals surface area contributed by atoms with Crippen molar-refractivity contribution in [2.75, 3.05) is 6.54 Å². The molecule has 2 unspecified atom stereocenters. The van der Waals surface area contributed by atoms with Crippen LogP contribution in [0.2, 0.25) is 0 Å². The molecule has 0 aliphatic carbocycles. The highest BCUT2D eigenvalue weighted by Crippen LogP contribution is 2.26. The van der Waals surface area contributed by atoms with E-state index in [2.05, 4.69) is 46.9 Å². The molecule has 0 fully saturated rings. The molecule has 0 heterocycles. The van der Waals surface area contributed by atoms with Crippen molar-refractivity contribution >= 4 is 0 Å². The van der Waals surface area contributed by atoms with Crippen molar-refractivity contribution in [2.45, 2.75) is 86.1 Å². The maximum Gasteiger partial charge on any atom is 0.00953 e. The van der Waals surface area contributed by atoms with E-state index in [-0.39, 0.29) is 0 Å².